The van der Waals surface area contributed by atoms with E-state index in [2.05, 4.69) is 6.92 Å². The van der Waals surface area contributed by atoms with Gasteiger partial charge in [-0.2, -0.15) is 0 Å². The van der Waals surface area contributed by atoms with E-state index in [1.807, 2.05) is 24.3 Å². The maximum Gasteiger partial charge on any atom is 0.241 e. The highest BCUT2D eigenvalue weighted by molar-refractivity contribution is 5.83. The van der Waals surface area contributed by atoms with Gasteiger partial charge >= 0.3 is 0 Å². The van der Waals surface area contributed by atoms with Crippen molar-refractivity contribution in [3.63, 3.8) is 0 Å². The lowest BCUT2D eigenvalue weighted by Gasteiger charge is -2.24. The van der Waals surface area contributed by atoms with Gasteiger partial charge in [0.25, 0.3) is 0 Å². The van der Waals surface area contributed by atoms with E-state index in [-0.39, 0.29) is 18.4 Å². The van der Waals surface area contributed by atoms with E-state index >= 15 is 0 Å². The molecule has 23 heavy (non-hydrogen) atoms. The van der Waals surface area contributed by atoms with Crippen LogP contribution < -0.4 is 4.74 Å². The first-order valence-electron chi connectivity index (χ1n) is 8.11. The highest BCUT2D eigenvalue weighted by Gasteiger charge is 2.17. The normalized spacial score (nSPS) is 10.3. The van der Waals surface area contributed by atoms with Gasteiger partial charge < -0.3 is 14.5 Å². The van der Waals surface area contributed by atoms with Gasteiger partial charge in [-0.25, -0.2) is 0 Å². The van der Waals surface area contributed by atoms with Crippen molar-refractivity contribution in [2.45, 2.75) is 33.1 Å². The number of hydrogen-bond donors (Lipinski definition) is 0. The first-order valence-corrected chi connectivity index (χ1v) is 8.11. The summed E-state index contributed by atoms with van der Waals surface area (Å²) in [6.45, 7) is 4.95. The predicted molar refractivity (Wildman–Crippen MR) is 91.5 cm³/mol. The summed E-state index contributed by atoms with van der Waals surface area (Å²) in [5.74, 6) is 0.702. The molecule has 1 aromatic rings. The number of unbranched alkanes of at least 4 members (excludes halogenated alkanes) is 1. The molecular weight excluding hydrogens is 292 g/mol. The maximum absolute atomic E-state index is 12.2. The van der Waals surface area contributed by atoms with Crippen molar-refractivity contribution in [1.29, 1.82) is 0 Å². The van der Waals surface area contributed by atoms with Crippen LogP contribution in [-0.2, 0) is 16.0 Å². The lowest BCUT2D eigenvalue weighted by molar-refractivity contribution is -0.138. The van der Waals surface area contributed by atoms with Crippen LogP contribution in [0.2, 0.25) is 0 Å². The van der Waals surface area contributed by atoms with Gasteiger partial charge in [-0.15, -0.1) is 0 Å². The Hall–Kier alpha value is -2.04. The van der Waals surface area contributed by atoms with Crippen LogP contribution in [0.4, 0.5) is 0 Å². The zero-order valence-corrected chi connectivity index (χ0v) is 14.7. The number of ether oxygens (including phenoxy) is 1. The Morgan fingerprint density at radius 3 is 2.48 bits per heavy atom. The molecule has 0 spiro atoms. The molecule has 0 saturated heterocycles. The van der Waals surface area contributed by atoms with Gasteiger partial charge in [0.2, 0.25) is 11.8 Å². The second kappa shape index (κ2) is 9.87. The van der Waals surface area contributed by atoms with Crippen LogP contribution in [0, 0.1) is 0 Å². The van der Waals surface area contributed by atoms with E-state index in [0.29, 0.717) is 13.0 Å². The van der Waals surface area contributed by atoms with Crippen molar-refractivity contribution in [3.05, 3.63) is 29.8 Å². The molecule has 5 nitrogen and oxygen atoms in total. The summed E-state index contributed by atoms with van der Waals surface area (Å²) in [4.78, 5) is 27.3. The number of carbonyl (C=O) groups is 2. The topological polar surface area (TPSA) is 49.9 Å². The van der Waals surface area contributed by atoms with E-state index in [4.69, 9.17) is 4.74 Å². The van der Waals surface area contributed by atoms with Gasteiger partial charge in [0.1, 0.15) is 5.75 Å². The quantitative estimate of drug-likeness (QED) is 0.702. The molecular formula is C18H28N2O3. The van der Waals surface area contributed by atoms with Crippen LogP contribution in [0.25, 0.3) is 0 Å². The molecule has 0 aromatic heterocycles. The van der Waals surface area contributed by atoms with E-state index in [9.17, 15) is 9.59 Å². The molecule has 0 aliphatic heterocycles. The molecule has 1 rings (SSSR count). The van der Waals surface area contributed by atoms with Gasteiger partial charge in [-0.1, -0.05) is 31.5 Å². The lowest BCUT2D eigenvalue weighted by atomic mass is 10.1. The minimum Gasteiger partial charge on any atom is -0.496 e. The zero-order chi connectivity index (χ0) is 17.2. The smallest absolute Gasteiger partial charge is 0.241 e. The minimum atomic E-state index is -0.0860. The van der Waals surface area contributed by atoms with Crippen molar-refractivity contribution in [2.24, 2.45) is 0 Å². The van der Waals surface area contributed by atoms with Gasteiger partial charge in [-0.05, 0) is 24.5 Å². The third kappa shape index (κ3) is 6.30. The van der Waals surface area contributed by atoms with Crippen LogP contribution in [0.5, 0.6) is 5.75 Å². The number of likely N-dealkylation sites (N-methyl/N-ethyl adjacent to an activating group) is 1. The van der Waals surface area contributed by atoms with Crippen molar-refractivity contribution >= 4 is 11.8 Å². The largest absolute Gasteiger partial charge is 0.496 e. The molecule has 0 fully saturated rings. The maximum atomic E-state index is 12.2. The molecule has 128 valence electrons. The summed E-state index contributed by atoms with van der Waals surface area (Å²) in [6.07, 6.45) is 2.68. The number of para-hydroxylation sites is 1. The Labute approximate surface area is 139 Å². The molecule has 0 radical (unpaired) electrons. The molecule has 0 atom stereocenters. The molecule has 1 aromatic carbocycles. The Bertz CT molecular complexity index is 517. The number of benzene rings is 1. The lowest BCUT2D eigenvalue weighted by Crippen LogP contribution is -2.41. The number of methoxy groups -OCH3 is 1. The molecule has 0 aliphatic rings. The number of rotatable bonds is 9. The molecule has 0 heterocycles. The first-order chi connectivity index (χ1) is 11.0. The van der Waals surface area contributed by atoms with Gasteiger partial charge in [0.05, 0.1) is 13.7 Å². The number of amides is 2. The molecule has 2 amide bonds. The second-order valence-electron chi connectivity index (χ2n) is 5.67. The third-order valence-corrected chi connectivity index (χ3v) is 3.89. The fourth-order valence-electron chi connectivity index (χ4n) is 2.32. The molecule has 5 heteroatoms. The second-order valence-corrected chi connectivity index (χ2v) is 5.67. The van der Waals surface area contributed by atoms with Crippen LogP contribution in [0.1, 0.15) is 32.3 Å². The van der Waals surface area contributed by atoms with E-state index < -0.39 is 0 Å². The van der Waals surface area contributed by atoms with E-state index in [1.54, 1.807) is 24.0 Å². The van der Waals surface area contributed by atoms with Gasteiger partial charge in [-0.3, -0.25) is 9.59 Å². The molecule has 0 saturated carbocycles. The summed E-state index contributed by atoms with van der Waals surface area (Å²) >= 11 is 0. The highest BCUT2D eigenvalue weighted by Crippen LogP contribution is 2.18. The summed E-state index contributed by atoms with van der Waals surface area (Å²) in [6, 6.07) is 7.74. The molecule has 0 bridgehead atoms. The number of hydrogen-bond acceptors (Lipinski definition) is 3. The zero-order valence-electron chi connectivity index (χ0n) is 14.7. The Morgan fingerprint density at radius 1 is 1.17 bits per heavy atom. The molecule has 0 unspecified atom stereocenters. The Morgan fingerprint density at radius 2 is 1.87 bits per heavy atom. The third-order valence-electron chi connectivity index (χ3n) is 3.89. The monoisotopic (exact) mass is 320 g/mol. The summed E-state index contributed by atoms with van der Waals surface area (Å²) in [7, 11) is 3.42. The van der Waals surface area contributed by atoms with Crippen molar-refractivity contribution in [3.8, 4) is 5.75 Å². The molecule has 0 aliphatic carbocycles. The van der Waals surface area contributed by atoms with E-state index in [0.717, 1.165) is 30.7 Å². The predicted octanol–water partition coefficient (Wildman–Crippen LogP) is 2.34. The number of carbonyl (C=O) groups excluding carboxylic acids is 2. The van der Waals surface area contributed by atoms with Crippen LogP contribution in [0.3, 0.4) is 0 Å². The van der Waals surface area contributed by atoms with Crippen LogP contribution >= 0.6 is 0 Å². The van der Waals surface area contributed by atoms with Gasteiger partial charge in [0, 0.05) is 27.1 Å². The Balaban J connectivity index is 2.62. The Kier molecular flexibility index (Phi) is 8.16. The summed E-state index contributed by atoms with van der Waals surface area (Å²) in [5.41, 5.74) is 1.04. The summed E-state index contributed by atoms with van der Waals surface area (Å²) < 4.78 is 5.32. The van der Waals surface area contributed by atoms with Crippen molar-refractivity contribution in [1.82, 2.24) is 9.80 Å². The minimum absolute atomic E-state index is 0.0197. The van der Waals surface area contributed by atoms with Crippen LogP contribution in [0.15, 0.2) is 24.3 Å². The van der Waals surface area contributed by atoms with E-state index in [1.165, 1.54) is 6.92 Å². The average Bonchev–Trinajstić information content (AvgIpc) is 2.55. The van der Waals surface area contributed by atoms with Gasteiger partial charge in [0.15, 0.2) is 0 Å². The fourth-order valence-corrected chi connectivity index (χ4v) is 2.32. The fraction of sp³-hybridized carbons (Fsp3) is 0.556. The summed E-state index contributed by atoms with van der Waals surface area (Å²) in [5, 5.41) is 0. The van der Waals surface area contributed by atoms with Crippen LogP contribution in [-0.4, -0.2) is 55.4 Å². The van der Waals surface area contributed by atoms with Crippen molar-refractivity contribution in [2.75, 3.05) is 33.8 Å². The SMILES string of the molecule is CCCCN(C)C(=O)CN(CCc1ccccc1OC)C(C)=O. The first kappa shape index (κ1) is 19.0. The molecule has 0 N–H and O–H groups in total. The standard InChI is InChI=1S/C18H28N2O3/c1-5-6-12-19(3)18(22)14-20(15(2)21)13-11-16-9-7-8-10-17(16)23-4/h7-10H,5-6,11-14H2,1-4H3. The highest BCUT2D eigenvalue weighted by atomic mass is 16.5. The average molecular weight is 320 g/mol. The number of nitrogens with zero attached hydrogens (tertiary/aromatic N) is 2. The van der Waals surface area contributed by atoms with Crippen molar-refractivity contribution < 1.29 is 14.3 Å².